The van der Waals surface area contributed by atoms with E-state index in [4.69, 9.17) is 4.74 Å². The second kappa shape index (κ2) is 3.27. The summed E-state index contributed by atoms with van der Waals surface area (Å²) in [6.45, 7) is 1.82. The molecule has 1 aromatic rings. The van der Waals surface area contributed by atoms with Gasteiger partial charge < -0.3 is 4.74 Å². The Labute approximate surface area is 64.2 Å². The Morgan fingerprint density at radius 3 is 2.91 bits per heavy atom. The Balaban J connectivity index is 3.02. The highest BCUT2D eigenvalue weighted by Crippen LogP contribution is 2.07. The Morgan fingerprint density at radius 1 is 1.64 bits per heavy atom. The molecule has 3 nitrogen and oxygen atoms in total. The van der Waals surface area contributed by atoms with Crippen molar-refractivity contribution in [2.45, 2.75) is 13.3 Å². The SMILES string of the molecule is CCc1nc(OC)ncc1F. The summed E-state index contributed by atoms with van der Waals surface area (Å²) in [6.07, 6.45) is 1.66. The molecule has 60 valence electrons. The highest BCUT2D eigenvalue weighted by molar-refractivity contribution is 5.07. The molecule has 0 aliphatic heterocycles. The van der Waals surface area contributed by atoms with Crippen LogP contribution in [0.25, 0.3) is 0 Å². The van der Waals surface area contributed by atoms with Crippen LogP contribution in [-0.2, 0) is 6.42 Å². The lowest BCUT2D eigenvalue weighted by Crippen LogP contribution is -1.98. The first-order chi connectivity index (χ1) is 5.27. The molecule has 1 aromatic heterocycles. The third kappa shape index (κ3) is 1.63. The molecular formula is C7H9FN2O. The van der Waals surface area contributed by atoms with Crippen LogP contribution in [0.4, 0.5) is 4.39 Å². The van der Waals surface area contributed by atoms with Crippen molar-refractivity contribution >= 4 is 0 Å². The first kappa shape index (κ1) is 7.91. The summed E-state index contributed by atoms with van der Waals surface area (Å²) in [4.78, 5) is 7.40. The smallest absolute Gasteiger partial charge is 0.316 e. The van der Waals surface area contributed by atoms with Gasteiger partial charge in [-0.05, 0) is 6.42 Å². The van der Waals surface area contributed by atoms with Gasteiger partial charge in [0.25, 0.3) is 0 Å². The van der Waals surface area contributed by atoms with Gasteiger partial charge in [0.05, 0.1) is 19.0 Å². The zero-order valence-corrected chi connectivity index (χ0v) is 6.47. The second-order valence-corrected chi connectivity index (χ2v) is 2.00. The number of hydrogen-bond acceptors (Lipinski definition) is 3. The summed E-state index contributed by atoms with van der Waals surface area (Å²) in [5.41, 5.74) is 0.386. The molecule has 0 aliphatic carbocycles. The van der Waals surface area contributed by atoms with Crippen LogP contribution >= 0.6 is 0 Å². The average Bonchev–Trinajstić information content (AvgIpc) is 2.05. The third-order valence-electron chi connectivity index (χ3n) is 1.31. The summed E-state index contributed by atoms with van der Waals surface area (Å²) in [7, 11) is 1.45. The fourth-order valence-electron chi connectivity index (χ4n) is 0.730. The van der Waals surface area contributed by atoms with Gasteiger partial charge in [-0.15, -0.1) is 0 Å². The van der Waals surface area contributed by atoms with Crippen LogP contribution in [0.1, 0.15) is 12.6 Å². The van der Waals surface area contributed by atoms with Gasteiger partial charge in [-0.1, -0.05) is 6.92 Å². The van der Waals surface area contributed by atoms with Crippen LogP contribution in [0.3, 0.4) is 0 Å². The lowest BCUT2D eigenvalue weighted by molar-refractivity contribution is 0.374. The van der Waals surface area contributed by atoms with E-state index in [1.807, 2.05) is 6.92 Å². The number of halogens is 1. The second-order valence-electron chi connectivity index (χ2n) is 2.00. The number of hydrogen-bond donors (Lipinski definition) is 0. The van der Waals surface area contributed by atoms with E-state index in [-0.39, 0.29) is 11.8 Å². The Morgan fingerprint density at radius 2 is 2.36 bits per heavy atom. The van der Waals surface area contributed by atoms with E-state index < -0.39 is 0 Å². The Kier molecular flexibility index (Phi) is 2.36. The molecule has 1 heterocycles. The third-order valence-corrected chi connectivity index (χ3v) is 1.31. The van der Waals surface area contributed by atoms with Crippen LogP contribution in [-0.4, -0.2) is 17.1 Å². The molecule has 0 fully saturated rings. The largest absolute Gasteiger partial charge is 0.467 e. The summed E-state index contributed by atoms with van der Waals surface area (Å²) >= 11 is 0. The zero-order valence-electron chi connectivity index (χ0n) is 6.47. The molecule has 0 bridgehead atoms. The summed E-state index contributed by atoms with van der Waals surface area (Å²) in [5, 5.41) is 0. The molecule has 0 spiro atoms. The van der Waals surface area contributed by atoms with E-state index in [0.717, 1.165) is 6.20 Å². The molecule has 4 heteroatoms. The first-order valence-corrected chi connectivity index (χ1v) is 3.33. The minimum Gasteiger partial charge on any atom is -0.467 e. The fraction of sp³-hybridized carbons (Fsp3) is 0.429. The molecule has 1 rings (SSSR count). The predicted octanol–water partition coefficient (Wildman–Crippen LogP) is 1.19. The number of methoxy groups -OCH3 is 1. The molecule has 0 aromatic carbocycles. The molecular weight excluding hydrogens is 147 g/mol. The molecule has 0 saturated carbocycles. The van der Waals surface area contributed by atoms with Crippen molar-refractivity contribution in [2.75, 3.05) is 7.11 Å². The fourth-order valence-corrected chi connectivity index (χ4v) is 0.730. The number of ether oxygens (including phenoxy) is 1. The minimum absolute atomic E-state index is 0.211. The summed E-state index contributed by atoms with van der Waals surface area (Å²) < 4.78 is 17.4. The maximum Gasteiger partial charge on any atom is 0.316 e. The minimum atomic E-state index is -0.381. The maximum atomic E-state index is 12.7. The van der Waals surface area contributed by atoms with Crippen molar-refractivity contribution in [1.29, 1.82) is 0 Å². The average molecular weight is 156 g/mol. The topological polar surface area (TPSA) is 35.0 Å². The van der Waals surface area contributed by atoms with E-state index in [1.165, 1.54) is 7.11 Å². The van der Waals surface area contributed by atoms with Crippen molar-refractivity contribution in [3.63, 3.8) is 0 Å². The zero-order chi connectivity index (χ0) is 8.27. The van der Waals surface area contributed by atoms with Crippen LogP contribution in [0.15, 0.2) is 6.20 Å². The van der Waals surface area contributed by atoms with Gasteiger partial charge in [-0.25, -0.2) is 9.37 Å². The van der Waals surface area contributed by atoms with Gasteiger partial charge in [0, 0.05) is 0 Å². The van der Waals surface area contributed by atoms with E-state index in [2.05, 4.69) is 9.97 Å². The van der Waals surface area contributed by atoms with Crippen LogP contribution in [0.2, 0.25) is 0 Å². The van der Waals surface area contributed by atoms with Crippen molar-refractivity contribution in [3.05, 3.63) is 17.7 Å². The lowest BCUT2D eigenvalue weighted by atomic mass is 10.3. The van der Waals surface area contributed by atoms with Crippen LogP contribution in [0, 0.1) is 5.82 Å². The number of nitrogens with zero attached hydrogens (tertiary/aromatic N) is 2. The number of rotatable bonds is 2. The van der Waals surface area contributed by atoms with Gasteiger partial charge in [0.2, 0.25) is 0 Å². The Bertz CT molecular complexity index is 252. The van der Waals surface area contributed by atoms with E-state index >= 15 is 0 Å². The lowest BCUT2D eigenvalue weighted by Gasteiger charge is -1.99. The standard InChI is InChI=1S/C7H9FN2O/c1-3-6-5(8)4-9-7(10-6)11-2/h4H,3H2,1-2H3. The molecule has 0 N–H and O–H groups in total. The van der Waals surface area contributed by atoms with Gasteiger partial charge in [0.15, 0.2) is 5.82 Å². The van der Waals surface area contributed by atoms with Gasteiger partial charge >= 0.3 is 6.01 Å². The highest BCUT2D eigenvalue weighted by Gasteiger charge is 2.03. The summed E-state index contributed by atoms with van der Waals surface area (Å²) in [5.74, 6) is -0.381. The van der Waals surface area contributed by atoms with E-state index in [9.17, 15) is 4.39 Å². The number of aromatic nitrogens is 2. The Hall–Kier alpha value is -1.19. The van der Waals surface area contributed by atoms with Gasteiger partial charge in [0.1, 0.15) is 0 Å². The monoisotopic (exact) mass is 156 g/mol. The quantitative estimate of drug-likeness (QED) is 0.645. The molecule has 0 radical (unpaired) electrons. The van der Waals surface area contributed by atoms with E-state index in [0.29, 0.717) is 12.1 Å². The van der Waals surface area contributed by atoms with Crippen LogP contribution < -0.4 is 4.74 Å². The highest BCUT2D eigenvalue weighted by atomic mass is 19.1. The maximum absolute atomic E-state index is 12.7. The molecule has 11 heavy (non-hydrogen) atoms. The number of aryl methyl sites for hydroxylation is 1. The molecule has 0 amide bonds. The predicted molar refractivity (Wildman–Crippen MR) is 37.9 cm³/mol. The van der Waals surface area contributed by atoms with Crippen LogP contribution in [0.5, 0.6) is 6.01 Å². The van der Waals surface area contributed by atoms with Gasteiger partial charge in [-0.2, -0.15) is 4.98 Å². The first-order valence-electron chi connectivity index (χ1n) is 3.33. The molecule has 0 atom stereocenters. The van der Waals surface area contributed by atoms with Crippen molar-refractivity contribution in [1.82, 2.24) is 9.97 Å². The summed E-state index contributed by atoms with van der Waals surface area (Å²) in [6, 6.07) is 0.211. The van der Waals surface area contributed by atoms with Crippen molar-refractivity contribution in [3.8, 4) is 6.01 Å². The normalized spacial score (nSPS) is 9.73. The molecule has 0 saturated heterocycles. The van der Waals surface area contributed by atoms with Crippen molar-refractivity contribution in [2.24, 2.45) is 0 Å². The van der Waals surface area contributed by atoms with Crippen molar-refractivity contribution < 1.29 is 9.13 Å². The van der Waals surface area contributed by atoms with Gasteiger partial charge in [-0.3, -0.25) is 0 Å². The molecule has 0 unspecified atom stereocenters. The molecule has 0 aliphatic rings. The van der Waals surface area contributed by atoms with E-state index in [1.54, 1.807) is 0 Å².